The van der Waals surface area contributed by atoms with Crippen LogP contribution in [-0.4, -0.2) is 25.7 Å². The van der Waals surface area contributed by atoms with Gasteiger partial charge in [-0.25, -0.2) is 9.37 Å². The highest BCUT2D eigenvalue weighted by Crippen LogP contribution is 2.24. The van der Waals surface area contributed by atoms with E-state index in [1.807, 2.05) is 44.2 Å². The predicted octanol–water partition coefficient (Wildman–Crippen LogP) is 5.47. The van der Waals surface area contributed by atoms with Crippen molar-refractivity contribution >= 4 is 23.3 Å². The van der Waals surface area contributed by atoms with Gasteiger partial charge in [-0.15, -0.1) is 0 Å². The smallest absolute Gasteiger partial charge is 0.256 e. The molecular weight excluding hydrogens is 457 g/mol. The summed E-state index contributed by atoms with van der Waals surface area (Å²) in [6.45, 7) is 6.03. The van der Waals surface area contributed by atoms with Gasteiger partial charge in [0.1, 0.15) is 18.2 Å². The van der Waals surface area contributed by atoms with Crippen LogP contribution >= 0.6 is 11.6 Å². The number of rotatable bonds is 7. The molecule has 174 valence electrons. The summed E-state index contributed by atoms with van der Waals surface area (Å²) < 4.78 is 21.3. The van der Waals surface area contributed by atoms with Crippen molar-refractivity contribution in [1.82, 2.24) is 19.7 Å². The molecule has 1 N–H and O–H groups in total. The first-order valence-electron chi connectivity index (χ1n) is 10.7. The molecule has 0 radical (unpaired) electrons. The van der Waals surface area contributed by atoms with Gasteiger partial charge in [0.25, 0.3) is 11.9 Å². The molecule has 0 aliphatic heterocycles. The molecule has 0 unspecified atom stereocenters. The van der Waals surface area contributed by atoms with Gasteiger partial charge in [-0.1, -0.05) is 48.9 Å². The van der Waals surface area contributed by atoms with E-state index in [9.17, 15) is 9.18 Å². The molecule has 0 saturated heterocycles. The van der Waals surface area contributed by atoms with Crippen molar-refractivity contribution in [3.63, 3.8) is 0 Å². The number of amides is 1. The Morgan fingerprint density at radius 1 is 1.12 bits per heavy atom. The van der Waals surface area contributed by atoms with Crippen molar-refractivity contribution in [2.24, 2.45) is 0 Å². The SMILES string of the molecule is CCc1c(C)nc(-n2nc(C)cc2NC(=O)c2ccc(Cl)c(F)c2)nc1OCc1ccccc1. The van der Waals surface area contributed by atoms with Gasteiger partial charge in [0, 0.05) is 22.9 Å². The molecule has 0 fully saturated rings. The zero-order valence-electron chi connectivity index (χ0n) is 19.0. The van der Waals surface area contributed by atoms with Crippen LogP contribution in [0.25, 0.3) is 5.95 Å². The Morgan fingerprint density at radius 3 is 2.59 bits per heavy atom. The van der Waals surface area contributed by atoms with Crippen LogP contribution in [0.2, 0.25) is 5.02 Å². The van der Waals surface area contributed by atoms with Crippen LogP contribution in [-0.2, 0) is 13.0 Å². The molecule has 0 aliphatic rings. The second kappa shape index (κ2) is 10.0. The summed E-state index contributed by atoms with van der Waals surface area (Å²) in [7, 11) is 0. The van der Waals surface area contributed by atoms with E-state index in [0.717, 1.165) is 22.9 Å². The minimum absolute atomic E-state index is 0.0552. The summed E-state index contributed by atoms with van der Waals surface area (Å²) >= 11 is 5.72. The normalized spacial score (nSPS) is 10.9. The van der Waals surface area contributed by atoms with Gasteiger partial charge >= 0.3 is 0 Å². The molecule has 4 rings (SSSR count). The van der Waals surface area contributed by atoms with E-state index in [0.29, 0.717) is 30.4 Å². The lowest BCUT2D eigenvalue weighted by atomic mass is 10.2. The van der Waals surface area contributed by atoms with E-state index in [4.69, 9.17) is 16.3 Å². The van der Waals surface area contributed by atoms with Crippen molar-refractivity contribution < 1.29 is 13.9 Å². The van der Waals surface area contributed by atoms with Crippen molar-refractivity contribution in [2.45, 2.75) is 33.8 Å². The van der Waals surface area contributed by atoms with Crippen molar-refractivity contribution in [3.8, 4) is 11.8 Å². The van der Waals surface area contributed by atoms with Gasteiger partial charge in [0.15, 0.2) is 0 Å². The average molecular weight is 480 g/mol. The van der Waals surface area contributed by atoms with Crippen molar-refractivity contribution in [3.05, 3.63) is 93.5 Å². The molecule has 34 heavy (non-hydrogen) atoms. The summed E-state index contributed by atoms with van der Waals surface area (Å²) in [6, 6.07) is 15.3. The van der Waals surface area contributed by atoms with Gasteiger partial charge in [0.05, 0.1) is 10.7 Å². The van der Waals surface area contributed by atoms with E-state index < -0.39 is 11.7 Å². The number of anilines is 1. The molecule has 4 aromatic rings. The quantitative estimate of drug-likeness (QED) is 0.380. The van der Waals surface area contributed by atoms with E-state index in [2.05, 4.69) is 20.4 Å². The zero-order chi connectivity index (χ0) is 24.2. The number of nitrogens with one attached hydrogen (secondary N) is 1. The maximum atomic E-state index is 13.8. The Balaban J connectivity index is 1.65. The topological polar surface area (TPSA) is 81.9 Å². The molecule has 2 aromatic heterocycles. The predicted molar refractivity (Wildman–Crippen MR) is 128 cm³/mol. The van der Waals surface area contributed by atoms with Gasteiger partial charge in [-0.3, -0.25) is 4.79 Å². The Morgan fingerprint density at radius 2 is 1.88 bits per heavy atom. The van der Waals surface area contributed by atoms with Gasteiger partial charge in [-0.05, 0) is 44.0 Å². The zero-order valence-corrected chi connectivity index (χ0v) is 19.7. The first-order chi connectivity index (χ1) is 16.4. The number of hydrogen-bond acceptors (Lipinski definition) is 5. The highest BCUT2D eigenvalue weighted by atomic mass is 35.5. The molecule has 0 spiro atoms. The van der Waals surface area contributed by atoms with Gasteiger partial charge in [-0.2, -0.15) is 14.8 Å². The number of hydrogen-bond donors (Lipinski definition) is 1. The number of carbonyl (C=O) groups is 1. The fraction of sp³-hybridized carbons (Fsp3) is 0.200. The highest BCUT2D eigenvalue weighted by Gasteiger charge is 2.19. The number of aryl methyl sites for hydroxylation is 2. The van der Waals surface area contributed by atoms with Crippen LogP contribution in [0, 0.1) is 19.7 Å². The molecule has 0 atom stereocenters. The first kappa shape index (κ1) is 23.4. The Hall–Kier alpha value is -3.78. The number of aromatic nitrogens is 4. The highest BCUT2D eigenvalue weighted by molar-refractivity contribution is 6.30. The summed E-state index contributed by atoms with van der Waals surface area (Å²) in [5.41, 5.74) is 3.43. The third-order valence-corrected chi connectivity index (χ3v) is 5.49. The molecular formula is C25H23ClFN5O2. The molecule has 2 heterocycles. The number of halogens is 2. The minimum Gasteiger partial charge on any atom is -0.472 e. The lowest BCUT2D eigenvalue weighted by Gasteiger charge is -2.14. The van der Waals surface area contributed by atoms with Crippen LogP contribution in [0.1, 0.15) is 39.8 Å². The molecule has 0 bridgehead atoms. The summed E-state index contributed by atoms with van der Waals surface area (Å²) in [4.78, 5) is 21.9. The maximum absolute atomic E-state index is 13.8. The van der Waals surface area contributed by atoms with Crippen LogP contribution < -0.4 is 10.1 Å². The molecule has 9 heteroatoms. The second-order valence-corrected chi connectivity index (χ2v) is 8.09. The number of ether oxygens (including phenoxy) is 1. The Labute approximate surface area is 201 Å². The van der Waals surface area contributed by atoms with E-state index in [1.54, 1.807) is 13.0 Å². The number of nitrogens with zero attached hydrogens (tertiary/aromatic N) is 4. The minimum atomic E-state index is -0.673. The third kappa shape index (κ3) is 5.07. The van der Waals surface area contributed by atoms with Crippen LogP contribution in [0.3, 0.4) is 0 Å². The summed E-state index contributed by atoms with van der Waals surface area (Å²) in [5.74, 6) is -0.134. The van der Waals surface area contributed by atoms with E-state index in [-0.39, 0.29) is 16.5 Å². The van der Waals surface area contributed by atoms with Crippen LogP contribution in [0.5, 0.6) is 5.88 Å². The Bertz CT molecular complexity index is 1340. The molecule has 0 saturated carbocycles. The average Bonchev–Trinajstić information content (AvgIpc) is 3.19. The van der Waals surface area contributed by atoms with Crippen LogP contribution in [0.4, 0.5) is 10.2 Å². The lowest BCUT2D eigenvalue weighted by molar-refractivity contribution is 0.102. The van der Waals surface area contributed by atoms with E-state index in [1.165, 1.54) is 16.8 Å². The van der Waals surface area contributed by atoms with E-state index >= 15 is 0 Å². The van der Waals surface area contributed by atoms with Crippen molar-refractivity contribution in [1.29, 1.82) is 0 Å². The van der Waals surface area contributed by atoms with Crippen LogP contribution in [0.15, 0.2) is 54.6 Å². The number of carbonyl (C=O) groups excluding carboxylic acids is 1. The fourth-order valence-electron chi connectivity index (χ4n) is 3.47. The molecule has 1 amide bonds. The van der Waals surface area contributed by atoms with Gasteiger partial charge < -0.3 is 10.1 Å². The maximum Gasteiger partial charge on any atom is 0.256 e. The summed E-state index contributed by atoms with van der Waals surface area (Å²) in [5, 5.41) is 7.14. The van der Waals surface area contributed by atoms with Crippen molar-refractivity contribution in [2.75, 3.05) is 5.32 Å². The lowest BCUT2D eigenvalue weighted by Crippen LogP contribution is -2.17. The largest absolute Gasteiger partial charge is 0.472 e. The standard InChI is InChI=1S/C25H23ClFN5O2/c1-4-19-16(3)28-25(30-24(19)34-14-17-8-6-5-7-9-17)32-22(12-15(2)31-32)29-23(33)18-10-11-20(26)21(27)13-18/h5-13H,4,14H2,1-3H3,(H,29,33). The summed E-state index contributed by atoms with van der Waals surface area (Å²) in [6.07, 6.45) is 0.695. The first-order valence-corrected chi connectivity index (χ1v) is 11.1. The monoisotopic (exact) mass is 479 g/mol. The van der Waals surface area contributed by atoms with Gasteiger partial charge in [0.2, 0.25) is 5.88 Å². The molecule has 7 nitrogen and oxygen atoms in total. The molecule has 2 aromatic carbocycles. The second-order valence-electron chi connectivity index (χ2n) is 7.69. The Kier molecular flexibility index (Phi) is 6.88. The third-order valence-electron chi connectivity index (χ3n) is 5.18. The molecule has 0 aliphatic carbocycles. The fourth-order valence-corrected chi connectivity index (χ4v) is 3.59. The number of benzene rings is 2.